The summed E-state index contributed by atoms with van der Waals surface area (Å²) in [5.41, 5.74) is 2.38. The molecule has 1 aliphatic heterocycles. The lowest BCUT2D eigenvalue weighted by atomic mass is 9.62. The van der Waals surface area contributed by atoms with Gasteiger partial charge >= 0.3 is 0 Å². The summed E-state index contributed by atoms with van der Waals surface area (Å²) in [5, 5.41) is 5.67. The molecule has 0 spiro atoms. The van der Waals surface area contributed by atoms with Gasteiger partial charge < -0.3 is 5.32 Å². The van der Waals surface area contributed by atoms with E-state index in [0.717, 1.165) is 31.3 Å². The molecule has 20 heavy (non-hydrogen) atoms. The molecule has 2 atom stereocenters. The largest absolute Gasteiger partial charge is 0.393 e. The van der Waals surface area contributed by atoms with E-state index in [1.807, 2.05) is 0 Å². The van der Waals surface area contributed by atoms with Gasteiger partial charge in [0.2, 0.25) is 0 Å². The third-order valence-electron chi connectivity index (χ3n) is 3.49. The summed E-state index contributed by atoms with van der Waals surface area (Å²) >= 11 is 1.79. The van der Waals surface area contributed by atoms with Crippen LogP contribution < -0.4 is 5.32 Å². The summed E-state index contributed by atoms with van der Waals surface area (Å²) in [4.78, 5) is 1.37. The van der Waals surface area contributed by atoms with E-state index in [4.69, 9.17) is 0 Å². The van der Waals surface area contributed by atoms with Gasteiger partial charge in [-0.15, -0.1) is 17.9 Å². The van der Waals surface area contributed by atoms with Gasteiger partial charge in [-0.1, -0.05) is 36.7 Å². The third kappa shape index (κ3) is 5.05. The molecule has 1 N–H and O–H groups in total. The average molecular weight is 284 g/mol. The quantitative estimate of drug-likeness (QED) is 0.603. The van der Waals surface area contributed by atoms with Crippen LogP contribution >= 0.6 is 11.3 Å². The molecule has 0 saturated heterocycles. The Hall–Kier alpha value is -1.22. The number of rotatable bonds is 6. The Balaban J connectivity index is 1.78. The molecule has 0 saturated carbocycles. The Morgan fingerprint density at radius 3 is 3.05 bits per heavy atom. The second-order valence-electron chi connectivity index (χ2n) is 5.67. The van der Waals surface area contributed by atoms with Crippen molar-refractivity contribution < 1.29 is 0 Å². The number of allylic oxidation sites excluding steroid dienone is 3. The van der Waals surface area contributed by atoms with Crippen molar-refractivity contribution in [1.82, 2.24) is 5.32 Å². The highest BCUT2D eigenvalue weighted by Crippen LogP contribution is 2.20. The van der Waals surface area contributed by atoms with E-state index in [2.05, 4.69) is 62.3 Å². The molecular formula is C17H23BNS. The summed E-state index contributed by atoms with van der Waals surface area (Å²) in [7, 11) is 2.40. The number of hydrogen-bond acceptors (Lipinski definition) is 2. The molecular weight excluding hydrogens is 261 g/mol. The average Bonchev–Trinajstić information content (AvgIpc) is 2.78. The number of thiophene rings is 1. The first kappa shape index (κ1) is 15.2. The Morgan fingerprint density at radius 1 is 1.50 bits per heavy atom. The molecule has 0 aliphatic carbocycles. The molecule has 0 fully saturated rings. The van der Waals surface area contributed by atoms with E-state index < -0.39 is 0 Å². The van der Waals surface area contributed by atoms with Gasteiger partial charge in [-0.2, -0.15) is 0 Å². The maximum absolute atomic E-state index is 4.16. The van der Waals surface area contributed by atoms with Crippen LogP contribution in [0.5, 0.6) is 0 Å². The zero-order valence-corrected chi connectivity index (χ0v) is 13.1. The molecule has 105 valence electrons. The lowest BCUT2D eigenvalue weighted by Gasteiger charge is -2.19. The first-order valence-electron chi connectivity index (χ1n) is 7.24. The lowest BCUT2D eigenvalue weighted by molar-refractivity contribution is 0.701. The van der Waals surface area contributed by atoms with Crippen LogP contribution in [0, 0.1) is 5.92 Å². The van der Waals surface area contributed by atoms with E-state index in [1.165, 1.54) is 10.5 Å². The number of nitrogens with one attached hydrogen (secondary N) is 1. The summed E-state index contributed by atoms with van der Waals surface area (Å²) in [6, 6.07) is 4.26. The molecule has 3 heteroatoms. The summed E-state index contributed by atoms with van der Waals surface area (Å²) < 4.78 is 0. The van der Waals surface area contributed by atoms with Gasteiger partial charge in [-0.3, -0.25) is 0 Å². The summed E-state index contributed by atoms with van der Waals surface area (Å²) in [5.74, 6) is 1.03. The van der Waals surface area contributed by atoms with Crippen molar-refractivity contribution >= 4 is 18.6 Å². The molecule has 0 aromatic carbocycles. The standard InChI is InChI=1S/C17H23BNS/c1-13(2)10-15-6-4-8-17(18-12-15)19-14(3)11-16-7-5-9-20-16/h4-7,9,15,17,19H,1,3,8,10-12H2,2H3. The minimum absolute atomic E-state index is 0.411. The number of hydrogen-bond donors (Lipinski definition) is 1. The van der Waals surface area contributed by atoms with Crippen LogP contribution in [-0.2, 0) is 6.42 Å². The van der Waals surface area contributed by atoms with E-state index in [-0.39, 0.29) is 0 Å². The fraction of sp³-hybridized carbons (Fsp3) is 0.412. The van der Waals surface area contributed by atoms with Crippen molar-refractivity contribution in [3.8, 4) is 0 Å². The highest BCUT2D eigenvalue weighted by molar-refractivity contribution is 7.09. The minimum atomic E-state index is 0.411. The monoisotopic (exact) mass is 284 g/mol. The Bertz CT molecular complexity index is 475. The lowest BCUT2D eigenvalue weighted by Crippen LogP contribution is -2.33. The highest BCUT2D eigenvalue weighted by atomic mass is 32.1. The van der Waals surface area contributed by atoms with Gasteiger partial charge in [0.15, 0.2) is 0 Å². The van der Waals surface area contributed by atoms with Crippen LogP contribution in [0.25, 0.3) is 0 Å². The molecule has 2 heterocycles. The molecule has 0 amide bonds. The van der Waals surface area contributed by atoms with Gasteiger partial charge in [-0.05, 0) is 43.1 Å². The Morgan fingerprint density at radius 2 is 2.35 bits per heavy atom. The van der Waals surface area contributed by atoms with E-state index in [0.29, 0.717) is 11.9 Å². The van der Waals surface area contributed by atoms with Crippen molar-refractivity contribution in [3.63, 3.8) is 0 Å². The second-order valence-corrected chi connectivity index (χ2v) is 6.70. The molecule has 1 nitrogen and oxygen atoms in total. The highest BCUT2D eigenvalue weighted by Gasteiger charge is 2.16. The van der Waals surface area contributed by atoms with Crippen molar-refractivity contribution in [1.29, 1.82) is 0 Å². The molecule has 2 rings (SSSR count). The molecule has 0 bridgehead atoms. The zero-order chi connectivity index (χ0) is 14.4. The van der Waals surface area contributed by atoms with E-state index in [9.17, 15) is 0 Å². The topological polar surface area (TPSA) is 12.0 Å². The Labute approximate surface area is 127 Å². The van der Waals surface area contributed by atoms with Crippen LogP contribution in [0.2, 0.25) is 6.32 Å². The fourth-order valence-electron chi connectivity index (χ4n) is 2.58. The van der Waals surface area contributed by atoms with Gasteiger partial charge in [0, 0.05) is 17.0 Å². The molecule has 1 aliphatic rings. The SMILES string of the molecule is C=C(C)CC1C=CCC(NC(=C)Cc2cccs2)[B]C1. The Kier molecular flexibility index (Phi) is 5.72. The third-order valence-corrected chi connectivity index (χ3v) is 4.37. The smallest absolute Gasteiger partial charge is 0.141 e. The van der Waals surface area contributed by atoms with Crippen molar-refractivity contribution in [2.45, 2.75) is 38.4 Å². The van der Waals surface area contributed by atoms with Crippen LogP contribution in [-0.4, -0.2) is 13.2 Å². The predicted molar refractivity (Wildman–Crippen MR) is 91.3 cm³/mol. The van der Waals surface area contributed by atoms with Gasteiger partial charge in [0.1, 0.15) is 7.28 Å². The van der Waals surface area contributed by atoms with Crippen LogP contribution in [0.1, 0.15) is 24.6 Å². The van der Waals surface area contributed by atoms with Crippen LogP contribution in [0.3, 0.4) is 0 Å². The van der Waals surface area contributed by atoms with Crippen molar-refractivity contribution in [2.24, 2.45) is 5.92 Å². The molecule has 1 aromatic rings. The van der Waals surface area contributed by atoms with Gasteiger partial charge in [-0.25, -0.2) is 0 Å². The zero-order valence-electron chi connectivity index (χ0n) is 12.3. The van der Waals surface area contributed by atoms with E-state index >= 15 is 0 Å². The van der Waals surface area contributed by atoms with E-state index in [1.54, 1.807) is 11.3 Å². The first-order valence-corrected chi connectivity index (χ1v) is 8.12. The molecule has 1 radical (unpaired) electrons. The first-order chi connectivity index (χ1) is 9.63. The maximum atomic E-state index is 4.16. The molecule has 2 unspecified atom stereocenters. The van der Waals surface area contributed by atoms with Gasteiger partial charge in [0.05, 0.1) is 0 Å². The van der Waals surface area contributed by atoms with Crippen molar-refractivity contribution in [3.05, 3.63) is 59.0 Å². The molecule has 1 aromatic heterocycles. The van der Waals surface area contributed by atoms with Crippen LogP contribution in [0.15, 0.2) is 54.1 Å². The maximum Gasteiger partial charge on any atom is 0.141 e. The van der Waals surface area contributed by atoms with Crippen molar-refractivity contribution in [2.75, 3.05) is 0 Å². The van der Waals surface area contributed by atoms with Crippen LogP contribution in [0.4, 0.5) is 0 Å². The minimum Gasteiger partial charge on any atom is -0.393 e. The predicted octanol–water partition coefficient (Wildman–Crippen LogP) is 4.38. The summed E-state index contributed by atoms with van der Waals surface area (Å²) in [6.45, 7) is 10.3. The fourth-order valence-corrected chi connectivity index (χ4v) is 3.33. The normalized spacial score (nSPS) is 21.9. The second kappa shape index (κ2) is 7.54. The van der Waals surface area contributed by atoms with Gasteiger partial charge in [0.25, 0.3) is 0 Å². The summed E-state index contributed by atoms with van der Waals surface area (Å²) in [6.07, 6.45) is 8.84.